The minimum Gasteiger partial charge on any atom is -0.454 e. The summed E-state index contributed by atoms with van der Waals surface area (Å²) < 4.78 is 10.9. The van der Waals surface area contributed by atoms with Crippen LogP contribution in [0.3, 0.4) is 0 Å². The van der Waals surface area contributed by atoms with Crippen LogP contribution in [-0.4, -0.2) is 54.2 Å². The summed E-state index contributed by atoms with van der Waals surface area (Å²) in [6.45, 7) is 7.51. The predicted molar refractivity (Wildman–Crippen MR) is 99.6 cm³/mol. The van der Waals surface area contributed by atoms with E-state index in [1.165, 1.54) is 21.8 Å². The van der Waals surface area contributed by atoms with Gasteiger partial charge >= 0.3 is 0 Å². The molecule has 1 amide bonds. The smallest absolute Gasteiger partial charge is 0.231 e. The Morgan fingerprint density at radius 3 is 2.88 bits per heavy atom. The maximum atomic E-state index is 10.5. The number of hydrogen-bond acceptors (Lipinski definition) is 7. The van der Waals surface area contributed by atoms with Crippen LogP contribution in [-0.2, 0) is 11.3 Å². The number of nitrogens with zero attached hydrogens (tertiary/aromatic N) is 3. The number of fused-ring (bicyclic) bond motifs is 1. The summed E-state index contributed by atoms with van der Waals surface area (Å²) in [5, 5.41) is 3.26. The van der Waals surface area contributed by atoms with Gasteiger partial charge in [0.15, 0.2) is 16.6 Å². The number of nitrogens with one attached hydrogen (secondary N) is 1. The first-order chi connectivity index (χ1) is 12.7. The molecule has 1 unspecified atom stereocenters. The Morgan fingerprint density at radius 1 is 1.27 bits per heavy atom. The molecule has 138 valence electrons. The number of carbonyl (C=O) groups excluding carboxylic acids is 1. The number of thiazole rings is 1. The van der Waals surface area contributed by atoms with Crippen molar-refractivity contribution in [3.63, 3.8) is 0 Å². The van der Waals surface area contributed by atoms with Crippen molar-refractivity contribution >= 4 is 22.9 Å². The highest BCUT2D eigenvalue weighted by Crippen LogP contribution is 2.35. The van der Waals surface area contributed by atoms with Gasteiger partial charge in [0.25, 0.3) is 0 Å². The average molecular weight is 374 g/mol. The van der Waals surface area contributed by atoms with Crippen LogP contribution in [0, 0.1) is 0 Å². The minimum absolute atomic E-state index is 0.313. The zero-order valence-electron chi connectivity index (χ0n) is 14.7. The van der Waals surface area contributed by atoms with Crippen LogP contribution >= 0.6 is 11.3 Å². The molecule has 1 aromatic carbocycles. The fourth-order valence-corrected chi connectivity index (χ4v) is 4.22. The van der Waals surface area contributed by atoms with E-state index in [9.17, 15) is 4.79 Å². The second-order valence-electron chi connectivity index (χ2n) is 6.49. The highest BCUT2D eigenvalue weighted by molar-refractivity contribution is 7.15. The molecule has 0 radical (unpaired) electrons. The van der Waals surface area contributed by atoms with Crippen molar-refractivity contribution < 1.29 is 14.3 Å². The van der Waals surface area contributed by atoms with Crippen LogP contribution in [0.5, 0.6) is 11.5 Å². The molecule has 1 N–H and O–H groups in total. The molecular weight excluding hydrogens is 352 g/mol. The molecule has 1 atom stereocenters. The summed E-state index contributed by atoms with van der Waals surface area (Å²) in [6.07, 6.45) is 2.51. The Hall–Kier alpha value is -2.16. The number of benzene rings is 1. The normalized spacial score (nSPS) is 18.7. The lowest BCUT2D eigenvalue weighted by molar-refractivity contribution is -0.105. The van der Waals surface area contributed by atoms with Crippen molar-refractivity contribution in [2.24, 2.45) is 0 Å². The molecule has 0 aliphatic carbocycles. The maximum Gasteiger partial charge on any atom is 0.231 e. The summed E-state index contributed by atoms with van der Waals surface area (Å²) in [4.78, 5) is 20.8. The van der Waals surface area contributed by atoms with E-state index in [1.54, 1.807) is 0 Å². The lowest BCUT2D eigenvalue weighted by atomic mass is 10.1. The second kappa shape index (κ2) is 7.61. The largest absolute Gasteiger partial charge is 0.454 e. The van der Waals surface area contributed by atoms with Gasteiger partial charge in [0.1, 0.15) is 0 Å². The van der Waals surface area contributed by atoms with Gasteiger partial charge < -0.3 is 14.8 Å². The van der Waals surface area contributed by atoms with Gasteiger partial charge in [-0.05, 0) is 24.6 Å². The topological polar surface area (TPSA) is 66.9 Å². The minimum atomic E-state index is 0.313. The summed E-state index contributed by atoms with van der Waals surface area (Å²) >= 11 is 1.53. The van der Waals surface area contributed by atoms with E-state index in [0.29, 0.717) is 24.4 Å². The van der Waals surface area contributed by atoms with Crippen LogP contribution < -0.4 is 14.8 Å². The maximum absolute atomic E-state index is 10.5. The van der Waals surface area contributed by atoms with E-state index in [-0.39, 0.29) is 0 Å². The highest BCUT2D eigenvalue weighted by atomic mass is 32.1. The Labute approximate surface area is 156 Å². The van der Waals surface area contributed by atoms with Crippen LogP contribution in [0.1, 0.15) is 23.4 Å². The van der Waals surface area contributed by atoms with Crippen molar-refractivity contribution in [1.82, 2.24) is 14.8 Å². The number of hydrogen-bond donors (Lipinski definition) is 1. The van der Waals surface area contributed by atoms with E-state index >= 15 is 0 Å². The lowest BCUT2D eigenvalue weighted by Gasteiger charge is -2.38. The number of rotatable bonds is 6. The van der Waals surface area contributed by atoms with Gasteiger partial charge in [-0.2, -0.15) is 0 Å². The second-order valence-corrected chi connectivity index (χ2v) is 7.61. The number of anilines is 1. The number of amides is 1. The van der Waals surface area contributed by atoms with Crippen molar-refractivity contribution in [1.29, 1.82) is 0 Å². The molecule has 0 spiro atoms. The quantitative estimate of drug-likeness (QED) is 0.783. The van der Waals surface area contributed by atoms with Gasteiger partial charge in [-0.3, -0.25) is 14.6 Å². The zero-order valence-corrected chi connectivity index (χ0v) is 15.5. The van der Waals surface area contributed by atoms with Crippen molar-refractivity contribution in [3.05, 3.63) is 34.8 Å². The molecule has 1 fully saturated rings. The molecule has 1 aromatic heterocycles. The Balaban J connectivity index is 1.32. The third kappa shape index (κ3) is 3.67. The fraction of sp³-hybridized carbons (Fsp3) is 0.444. The summed E-state index contributed by atoms with van der Waals surface area (Å²) in [6, 6.07) is 6.57. The molecule has 0 bridgehead atoms. The Kier molecular flexibility index (Phi) is 5.05. The summed E-state index contributed by atoms with van der Waals surface area (Å²) in [5.41, 5.74) is 1.26. The number of carbonyl (C=O) groups is 1. The standard InChI is InChI=1S/C18H22N4O3S/c1-13(14-2-3-16-17(8-14)25-12-24-16)22-6-4-21(5-7-22)10-15-9-19-18(26-15)20-11-23/h2-3,8-9,11,13H,4-7,10,12H2,1H3,(H,19,20,23). The van der Waals surface area contributed by atoms with Crippen molar-refractivity contribution in [2.75, 3.05) is 38.3 Å². The van der Waals surface area contributed by atoms with Crippen LogP contribution in [0.2, 0.25) is 0 Å². The van der Waals surface area contributed by atoms with E-state index in [4.69, 9.17) is 9.47 Å². The molecule has 0 saturated carbocycles. The highest BCUT2D eigenvalue weighted by Gasteiger charge is 2.24. The van der Waals surface area contributed by atoms with Crippen molar-refractivity contribution in [2.45, 2.75) is 19.5 Å². The fourth-order valence-electron chi connectivity index (χ4n) is 3.41. The number of piperazine rings is 1. The van der Waals surface area contributed by atoms with Gasteiger partial charge in [-0.1, -0.05) is 6.07 Å². The number of ether oxygens (including phenoxy) is 2. The lowest BCUT2D eigenvalue weighted by Crippen LogP contribution is -2.46. The summed E-state index contributed by atoms with van der Waals surface area (Å²) in [5.74, 6) is 1.68. The van der Waals surface area contributed by atoms with Crippen LogP contribution in [0.25, 0.3) is 0 Å². The Bertz CT molecular complexity index is 774. The molecule has 2 aromatic rings. The van der Waals surface area contributed by atoms with Crippen LogP contribution in [0.4, 0.5) is 5.13 Å². The van der Waals surface area contributed by atoms with Crippen molar-refractivity contribution in [3.8, 4) is 11.5 Å². The van der Waals surface area contributed by atoms with E-state index < -0.39 is 0 Å². The SMILES string of the molecule is CC(c1ccc2c(c1)OCO2)N1CCN(Cc2cnc(NC=O)s2)CC1. The molecule has 2 aliphatic heterocycles. The van der Waals surface area contributed by atoms with E-state index in [0.717, 1.165) is 44.2 Å². The number of aromatic nitrogens is 1. The molecule has 26 heavy (non-hydrogen) atoms. The Morgan fingerprint density at radius 2 is 2.08 bits per heavy atom. The first kappa shape index (κ1) is 17.3. The summed E-state index contributed by atoms with van der Waals surface area (Å²) in [7, 11) is 0. The van der Waals surface area contributed by atoms with Gasteiger partial charge in [0, 0.05) is 49.8 Å². The third-order valence-electron chi connectivity index (χ3n) is 4.95. The molecule has 4 rings (SSSR count). The van der Waals surface area contributed by atoms with Gasteiger partial charge in [0.05, 0.1) is 0 Å². The van der Waals surface area contributed by atoms with E-state index in [1.807, 2.05) is 12.3 Å². The molecular formula is C18H22N4O3S. The van der Waals surface area contributed by atoms with Crippen LogP contribution in [0.15, 0.2) is 24.4 Å². The first-order valence-electron chi connectivity index (χ1n) is 8.74. The monoisotopic (exact) mass is 374 g/mol. The van der Waals surface area contributed by atoms with Gasteiger partial charge in [0.2, 0.25) is 13.2 Å². The van der Waals surface area contributed by atoms with Gasteiger partial charge in [-0.25, -0.2) is 4.98 Å². The molecule has 7 nitrogen and oxygen atoms in total. The molecule has 3 heterocycles. The van der Waals surface area contributed by atoms with E-state index in [2.05, 4.69) is 39.2 Å². The first-order valence-corrected chi connectivity index (χ1v) is 9.55. The molecule has 8 heteroatoms. The molecule has 2 aliphatic rings. The third-order valence-corrected chi connectivity index (χ3v) is 5.86. The predicted octanol–water partition coefficient (Wildman–Crippen LogP) is 2.32. The average Bonchev–Trinajstić information content (AvgIpc) is 3.30. The zero-order chi connectivity index (χ0) is 17.9. The van der Waals surface area contributed by atoms with Gasteiger partial charge in [-0.15, -0.1) is 11.3 Å². The molecule has 1 saturated heterocycles.